The van der Waals surface area contributed by atoms with Gasteiger partial charge in [-0.25, -0.2) is 4.39 Å². The lowest BCUT2D eigenvalue weighted by Gasteiger charge is -2.04. The number of rotatable bonds is 4. The Morgan fingerprint density at radius 2 is 2.27 bits per heavy atom. The van der Waals surface area contributed by atoms with Crippen molar-refractivity contribution in [2.75, 3.05) is 12.9 Å². The summed E-state index contributed by atoms with van der Waals surface area (Å²) >= 11 is 1.53. The van der Waals surface area contributed by atoms with Crippen LogP contribution in [0.4, 0.5) is 4.39 Å². The number of carbonyl (C=O) groups is 1. The number of esters is 1. The predicted molar refractivity (Wildman–Crippen MR) is 58.5 cm³/mol. The molecule has 0 bridgehead atoms. The zero-order valence-corrected chi connectivity index (χ0v) is 9.57. The minimum Gasteiger partial charge on any atom is -0.469 e. The van der Waals surface area contributed by atoms with Gasteiger partial charge in [0.25, 0.3) is 0 Å². The van der Waals surface area contributed by atoms with Gasteiger partial charge in [-0.1, -0.05) is 0 Å². The van der Waals surface area contributed by atoms with Gasteiger partial charge in [0.05, 0.1) is 13.5 Å². The highest BCUT2D eigenvalue weighted by Crippen LogP contribution is 2.23. The average molecular weight is 228 g/mol. The van der Waals surface area contributed by atoms with E-state index in [0.717, 1.165) is 10.5 Å². The second kappa shape index (κ2) is 5.75. The first kappa shape index (κ1) is 12.0. The molecule has 4 heteroatoms. The molecular weight excluding hydrogens is 215 g/mol. The smallest absolute Gasteiger partial charge is 0.306 e. The summed E-state index contributed by atoms with van der Waals surface area (Å²) in [5.41, 5.74) is 0.893. The summed E-state index contributed by atoms with van der Waals surface area (Å²) in [6.07, 6.45) is 0.373. The summed E-state index contributed by atoms with van der Waals surface area (Å²) in [5.74, 6) is 0.200. The monoisotopic (exact) mass is 228 g/mol. The first-order valence-corrected chi connectivity index (χ1v) is 5.58. The molecule has 0 fully saturated rings. The molecule has 15 heavy (non-hydrogen) atoms. The van der Waals surface area contributed by atoms with Gasteiger partial charge < -0.3 is 4.74 Å². The molecular formula is C11H13FO2S. The first-order chi connectivity index (χ1) is 7.13. The molecule has 0 aliphatic rings. The summed E-state index contributed by atoms with van der Waals surface area (Å²) in [7, 11) is 1.37. The maximum Gasteiger partial charge on any atom is 0.306 e. The highest BCUT2D eigenvalue weighted by molar-refractivity contribution is 7.99. The van der Waals surface area contributed by atoms with Crippen molar-refractivity contribution in [3.05, 3.63) is 29.6 Å². The third-order valence-corrected chi connectivity index (χ3v) is 3.11. The van der Waals surface area contributed by atoms with E-state index in [-0.39, 0.29) is 11.8 Å². The summed E-state index contributed by atoms with van der Waals surface area (Å²) in [6.45, 7) is 1.85. The second-order valence-electron chi connectivity index (χ2n) is 3.08. The van der Waals surface area contributed by atoms with E-state index in [4.69, 9.17) is 0 Å². The lowest BCUT2D eigenvalue weighted by atomic mass is 10.2. The summed E-state index contributed by atoms with van der Waals surface area (Å²) in [4.78, 5) is 11.8. The Morgan fingerprint density at radius 3 is 2.87 bits per heavy atom. The van der Waals surface area contributed by atoms with Gasteiger partial charge in [0, 0.05) is 10.6 Å². The maximum atomic E-state index is 12.8. The van der Waals surface area contributed by atoms with Gasteiger partial charge in [-0.3, -0.25) is 4.79 Å². The minimum absolute atomic E-state index is 0.220. The van der Waals surface area contributed by atoms with E-state index in [0.29, 0.717) is 12.2 Å². The fourth-order valence-electron chi connectivity index (χ4n) is 1.12. The summed E-state index contributed by atoms with van der Waals surface area (Å²) in [5, 5.41) is 0. The van der Waals surface area contributed by atoms with Crippen LogP contribution < -0.4 is 0 Å². The Bertz CT molecular complexity index is 352. The molecule has 0 aliphatic heterocycles. The van der Waals surface area contributed by atoms with Crippen LogP contribution in [0, 0.1) is 12.7 Å². The number of methoxy groups -OCH3 is 1. The van der Waals surface area contributed by atoms with E-state index in [2.05, 4.69) is 4.74 Å². The van der Waals surface area contributed by atoms with Crippen LogP contribution in [-0.2, 0) is 9.53 Å². The quantitative estimate of drug-likeness (QED) is 0.585. The Morgan fingerprint density at radius 1 is 1.53 bits per heavy atom. The van der Waals surface area contributed by atoms with Crippen molar-refractivity contribution in [3.8, 4) is 0 Å². The zero-order chi connectivity index (χ0) is 11.3. The molecule has 82 valence electrons. The molecule has 0 aromatic heterocycles. The highest BCUT2D eigenvalue weighted by Gasteiger charge is 2.03. The van der Waals surface area contributed by atoms with Crippen LogP contribution in [0.2, 0.25) is 0 Å². The summed E-state index contributed by atoms with van der Waals surface area (Å²) < 4.78 is 17.3. The van der Waals surface area contributed by atoms with Gasteiger partial charge in [0.1, 0.15) is 5.82 Å². The molecule has 0 atom stereocenters. The summed E-state index contributed by atoms with van der Waals surface area (Å²) in [6, 6.07) is 4.64. The van der Waals surface area contributed by atoms with Crippen LogP contribution in [0.25, 0.3) is 0 Å². The average Bonchev–Trinajstić information content (AvgIpc) is 2.21. The molecule has 1 rings (SSSR count). The molecule has 1 aromatic carbocycles. The van der Waals surface area contributed by atoms with Crippen molar-refractivity contribution in [1.82, 2.24) is 0 Å². The number of hydrogen-bond donors (Lipinski definition) is 0. The molecule has 0 radical (unpaired) electrons. The molecule has 0 saturated carbocycles. The Kier molecular flexibility index (Phi) is 4.62. The lowest BCUT2D eigenvalue weighted by Crippen LogP contribution is -2.01. The number of aryl methyl sites for hydroxylation is 1. The number of hydrogen-bond acceptors (Lipinski definition) is 3. The van der Waals surface area contributed by atoms with Crippen LogP contribution in [0.15, 0.2) is 23.1 Å². The maximum absolute atomic E-state index is 12.8. The van der Waals surface area contributed by atoms with Gasteiger partial charge in [-0.2, -0.15) is 0 Å². The SMILES string of the molecule is COC(=O)CCSc1ccc(F)cc1C. The van der Waals surface area contributed by atoms with Crippen molar-refractivity contribution in [2.45, 2.75) is 18.2 Å². The highest BCUT2D eigenvalue weighted by atomic mass is 32.2. The van der Waals surface area contributed by atoms with Gasteiger partial charge >= 0.3 is 5.97 Å². The van der Waals surface area contributed by atoms with Crippen LogP contribution in [-0.4, -0.2) is 18.8 Å². The van der Waals surface area contributed by atoms with Crippen LogP contribution in [0.5, 0.6) is 0 Å². The largest absolute Gasteiger partial charge is 0.469 e. The van der Waals surface area contributed by atoms with E-state index in [1.165, 1.54) is 31.0 Å². The first-order valence-electron chi connectivity index (χ1n) is 4.59. The van der Waals surface area contributed by atoms with Crippen molar-refractivity contribution in [2.24, 2.45) is 0 Å². The molecule has 1 aromatic rings. The third kappa shape index (κ3) is 3.91. The fraction of sp³-hybridized carbons (Fsp3) is 0.364. The standard InChI is InChI=1S/C11H13FO2S/c1-8-7-9(12)3-4-10(8)15-6-5-11(13)14-2/h3-4,7H,5-6H2,1-2H3. The Hall–Kier alpha value is -1.03. The van der Waals surface area contributed by atoms with Crippen molar-refractivity contribution >= 4 is 17.7 Å². The number of halogens is 1. The van der Waals surface area contributed by atoms with Crippen LogP contribution in [0.3, 0.4) is 0 Å². The molecule has 0 heterocycles. The van der Waals surface area contributed by atoms with Crippen molar-refractivity contribution in [1.29, 1.82) is 0 Å². The number of benzene rings is 1. The molecule has 0 spiro atoms. The Labute approximate surface area is 92.8 Å². The fourth-order valence-corrected chi connectivity index (χ4v) is 2.06. The van der Waals surface area contributed by atoms with Gasteiger partial charge in [-0.05, 0) is 30.7 Å². The minimum atomic E-state index is -0.232. The predicted octanol–water partition coefficient (Wildman–Crippen LogP) is 2.79. The second-order valence-corrected chi connectivity index (χ2v) is 4.22. The normalized spacial score (nSPS) is 10.1. The number of ether oxygens (including phenoxy) is 1. The molecule has 0 saturated heterocycles. The lowest BCUT2D eigenvalue weighted by molar-refractivity contribution is -0.140. The van der Waals surface area contributed by atoms with E-state index in [1.807, 2.05) is 6.92 Å². The molecule has 0 aliphatic carbocycles. The number of thioether (sulfide) groups is 1. The van der Waals surface area contributed by atoms with Gasteiger partial charge in [-0.15, -0.1) is 11.8 Å². The number of carbonyl (C=O) groups excluding carboxylic acids is 1. The van der Waals surface area contributed by atoms with Crippen molar-refractivity contribution in [3.63, 3.8) is 0 Å². The molecule has 0 unspecified atom stereocenters. The van der Waals surface area contributed by atoms with Crippen molar-refractivity contribution < 1.29 is 13.9 Å². The van der Waals surface area contributed by atoms with Crippen LogP contribution >= 0.6 is 11.8 Å². The molecule has 0 amide bonds. The van der Waals surface area contributed by atoms with E-state index in [9.17, 15) is 9.18 Å². The Balaban J connectivity index is 2.47. The third-order valence-electron chi connectivity index (χ3n) is 1.93. The van der Waals surface area contributed by atoms with E-state index < -0.39 is 0 Å². The van der Waals surface area contributed by atoms with E-state index in [1.54, 1.807) is 6.07 Å². The van der Waals surface area contributed by atoms with Gasteiger partial charge in [0.2, 0.25) is 0 Å². The molecule has 2 nitrogen and oxygen atoms in total. The molecule has 0 N–H and O–H groups in total. The topological polar surface area (TPSA) is 26.3 Å². The zero-order valence-electron chi connectivity index (χ0n) is 8.75. The van der Waals surface area contributed by atoms with E-state index >= 15 is 0 Å². The van der Waals surface area contributed by atoms with Crippen LogP contribution in [0.1, 0.15) is 12.0 Å². The van der Waals surface area contributed by atoms with Gasteiger partial charge in [0.15, 0.2) is 0 Å².